The van der Waals surface area contributed by atoms with Gasteiger partial charge in [0.15, 0.2) is 0 Å². The van der Waals surface area contributed by atoms with E-state index in [4.69, 9.17) is 37.0 Å². The molecule has 3 aromatic carbocycles. The number of nitrogens with zero attached hydrogens (tertiary/aromatic N) is 4. The summed E-state index contributed by atoms with van der Waals surface area (Å²) in [6, 6.07) is 27.4. The molecule has 0 aliphatic rings. The third-order valence-electron chi connectivity index (χ3n) is 7.14. The molecule has 5 aromatic rings. The molecule has 0 saturated carbocycles. The standard InChI is InChI=1S/C34H27ClN6O3S2.C2HF3O2/c35-24-10-6-23(7-11-24)32-40-25(19-45-32)20-46-33-28(18-37)30(27(17-36)31(38)41-33)22-8-12-26(13-9-22)44-15-14-39-29(34(42)43)16-21-4-2-1-3-5-21;3-2(4,5)1(6)7/h1-13,19,29,39H,14-16,20H2,(H2,38,41)(H,42,43);(H,6,7)/t29-;/m0./s1. The molecule has 0 amide bonds. The number of hydrogen-bond acceptors (Lipinski definition) is 11. The Morgan fingerprint density at radius 2 is 1.58 bits per heavy atom. The molecule has 1 atom stereocenters. The molecule has 11 nitrogen and oxygen atoms in total. The van der Waals surface area contributed by atoms with Crippen molar-refractivity contribution >= 4 is 52.5 Å². The normalized spacial score (nSPS) is 11.4. The van der Waals surface area contributed by atoms with Crippen molar-refractivity contribution in [3.8, 4) is 39.6 Å². The van der Waals surface area contributed by atoms with Gasteiger partial charge in [0.2, 0.25) is 0 Å². The third kappa shape index (κ3) is 11.4. The van der Waals surface area contributed by atoms with Gasteiger partial charge in [-0.2, -0.15) is 23.7 Å². The van der Waals surface area contributed by atoms with Gasteiger partial charge in [0.1, 0.15) is 52.0 Å². The summed E-state index contributed by atoms with van der Waals surface area (Å²) in [5, 5.41) is 43.7. The summed E-state index contributed by atoms with van der Waals surface area (Å²) in [7, 11) is 0. The van der Waals surface area contributed by atoms with E-state index in [9.17, 15) is 33.6 Å². The highest BCUT2D eigenvalue weighted by Crippen LogP contribution is 2.37. The maximum absolute atomic E-state index is 11.7. The fourth-order valence-electron chi connectivity index (χ4n) is 4.65. The Balaban J connectivity index is 0.000000815. The number of carbonyl (C=O) groups is 2. The fraction of sp³-hybridized carbons (Fsp3) is 0.167. The lowest BCUT2D eigenvalue weighted by Gasteiger charge is -2.15. The first-order valence-corrected chi connectivity index (χ1v) is 17.5. The van der Waals surface area contributed by atoms with E-state index in [1.165, 1.54) is 23.1 Å². The lowest BCUT2D eigenvalue weighted by atomic mass is 9.97. The quantitative estimate of drug-likeness (QED) is 0.0682. The van der Waals surface area contributed by atoms with Gasteiger partial charge in [-0.3, -0.25) is 4.79 Å². The van der Waals surface area contributed by atoms with Crippen LogP contribution in [0.3, 0.4) is 0 Å². The average Bonchev–Trinajstić information content (AvgIpc) is 3.61. The minimum atomic E-state index is -5.08. The molecule has 17 heteroatoms. The number of carboxylic acids is 2. The monoisotopic (exact) mass is 780 g/mol. The van der Waals surface area contributed by atoms with Crippen LogP contribution in [0.5, 0.6) is 5.75 Å². The van der Waals surface area contributed by atoms with Gasteiger partial charge in [-0.1, -0.05) is 78.0 Å². The number of thioether (sulfide) groups is 1. The molecule has 0 saturated heterocycles. The Morgan fingerprint density at radius 1 is 0.962 bits per heavy atom. The van der Waals surface area contributed by atoms with Gasteiger partial charge in [-0.25, -0.2) is 14.8 Å². The van der Waals surface area contributed by atoms with Crippen LogP contribution in [0.2, 0.25) is 5.02 Å². The summed E-state index contributed by atoms with van der Waals surface area (Å²) >= 11 is 8.84. The van der Waals surface area contributed by atoms with Crippen molar-refractivity contribution in [1.82, 2.24) is 15.3 Å². The van der Waals surface area contributed by atoms with Crippen LogP contribution >= 0.6 is 34.7 Å². The average molecular weight is 781 g/mol. The highest BCUT2D eigenvalue weighted by molar-refractivity contribution is 7.98. The van der Waals surface area contributed by atoms with Crippen LogP contribution in [-0.4, -0.2) is 57.5 Å². The van der Waals surface area contributed by atoms with Crippen LogP contribution in [0, 0.1) is 22.7 Å². The predicted molar refractivity (Wildman–Crippen MR) is 194 cm³/mol. The number of rotatable bonds is 13. The molecule has 0 unspecified atom stereocenters. The Hall–Kier alpha value is -5.65. The number of anilines is 1. The Morgan fingerprint density at radius 3 is 2.17 bits per heavy atom. The highest BCUT2D eigenvalue weighted by atomic mass is 35.5. The van der Waals surface area contributed by atoms with E-state index in [-0.39, 0.29) is 23.6 Å². The van der Waals surface area contributed by atoms with Crippen molar-refractivity contribution in [2.45, 2.75) is 29.4 Å². The van der Waals surface area contributed by atoms with E-state index in [0.717, 1.165) is 21.8 Å². The van der Waals surface area contributed by atoms with Crippen LogP contribution < -0.4 is 15.8 Å². The summed E-state index contributed by atoms with van der Waals surface area (Å²) in [5.74, 6) is -2.65. The largest absolute Gasteiger partial charge is 0.492 e. The number of thiazole rings is 1. The number of halogens is 4. The summed E-state index contributed by atoms with van der Waals surface area (Å²) in [6.45, 7) is 0.564. The molecule has 2 aromatic heterocycles. The first kappa shape index (κ1) is 40.1. The predicted octanol–water partition coefficient (Wildman–Crippen LogP) is 7.44. The van der Waals surface area contributed by atoms with Crippen LogP contribution in [-0.2, 0) is 21.8 Å². The van der Waals surface area contributed by atoms with Crippen LogP contribution in [0.4, 0.5) is 19.0 Å². The number of carboxylic acid groups (broad SMARTS) is 2. The van der Waals surface area contributed by atoms with Crippen molar-refractivity contribution in [3.05, 3.63) is 112 Å². The first-order valence-electron chi connectivity index (χ1n) is 15.3. The van der Waals surface area contributed by atoms with Crippen molar-refractivity contribution in [2.75, 3.05) is 18.9 Å². The molecular formula is C36H28ClF3N6O5S2. The highest BCUT2D eigenvalue weighted by Gasteiger charge is 2.38. The molecular weight excluding hydrogens is 753 g/mol. The summed E-state index contributed by atoms with van der Waals surface area (Å²) in [6.07, 6.45) is -4.73. The number of alkyl halides is 3. The molecule has 5 N–H and O–H groups in total. The van der Waals surface area contributed by atoms with Crippen molar-refractivity contribution < 1.29 is 37.7 Å². The van der Waals surface area contributed by atoms with E-state index in [0.29, 0.717) is 45.6 Å². The van der Waals surface area contributed by atoms with Gasteiger partial charge in [-0.05, 0) is 41.8 Å². The molecule has 2 heterocycles. The van der Waals surface area contributed by atoms with Crippen molar-refractivity contribution in [3.63, 3.8) is 0 Å². The van der Waals surface area contributed by atoms with Crippen LogP contribution in [0.1, 0.15) is 22.4 Å². The van der Waals surface area contributed by atoms with E-state index in [1.807, 2.05) is 60.0 Å². The number of hydrogen-bond donors (Lipinski definition) is 4. The molecule has 0 spiro atoms. The minimum Gasteiger partial charge on any atom is -0.492 e. The van der Waals surface area contributed by atoms with E-state index < -0.39 is 24.2 Å². The van der Waals surface area contributed by atoms with E-state index in [2.05, 4.69) is 22.4 Å². The topological polar surface area (TPSA) is 195 Å². The SMILES string of the molecule is N#Cc1c(N)nc(SCc2csc(-c3ccc(Cl)cc3)n2)c(C#N)c1-c1ccc(OCCN[C@@H](Cc2ccccc2)C(=O)O)cc1.O=C(O)C(F)(F)F. The number of aliphatic carboxylic acids is 2. The van der Waals surface area contributed by atoms with Crippen LogP contribution in [0.15, 0.2) is 89.3 Å². The maximum Gasteiger partial charge on any atom is 0.490 e. The summed E-state index contributed by atoms with van der Waals surface area (Å²) in [4.78, 5) is 29.7. The minimum absolute atomic E-state index is 0.0361. The maximum atomic E-state index is 11.7. The van der Waals surface area contributed by atoms with Gasteiger partial charge in [0.05, 0.1) is 11.3 Å². The molecule has 53 heavy (non-hydrogen) atoms. The zero-order valence-electron chi connectivity index (χ0n) is 27.3. The summed E-state index contributed by atoms with van der Waals surface area (Å²) < 4.78 is 37.6. The number of nitrogens with two attached hydrogens (primary N) is 1. The number of benzene rings is 3. The van der Waals surface area contributed by atoms with Gasteiger partial charge in [0.25, 0.3) is 0 Å². The molecule has 0 radical (unpaired) electrons. The second kappa shape index (κ2) is 18.7. The van der Waals surface area contributed by atoms with Gasteiger partial charge in [0, 0.05) is 33.8 Å². The van der Waals surface area contributed by atoms with Crippen molar-refractivity contribution in [2.24, 2.45) is 0 Å². The molecule has 0 bridgehead atoms. The third-order valence-corrected chi connectivity index (χ3v) is 9.34. The zero-order valence-corrected chi connectivity index (χ0v) is 29.7. The lowest BCUT2D eigenvalue weighted by molar-refractivity contribution is -0.192. The second-order valence-electron chi connectivity index (χ2n) is 10.8. The molecule has 272 valence electrons. The number of pyridine rings is 1. The zero-order chi connectivity index (χ0) is 38.5. The summed E-state index contributed by atoms with van der Waals surface area (Å²) in [5.41, 5.74) is 10.3. The Bertz CT molecular complexity index is 2120. The number of ether oxygens (including phenoxy) is 1. The lowest BCUT2D eigenvalue weighted by Crippen LogP contribution is -2.40. The van der Waals surface area contributed by atoms with Gasteiger partial charge >= 0.3 is 18.1 Å². The van der Waals surface area contributed by atoms with E-state index >= 15 is 0 Å². The fourth-order valence-corrected chi connectivity index (χ4v) is 6.59. The Labute approximate surface area is 314 Å². The number of nitrogens with one attached hydrogen (secondary N) is 1. The number of nitriles is 2. The molecule has 0 aliphatic heterocycles. The molecule has 0 fully saturated rings. The smallest absolute Gasteiger partial charge is 0.490 e. The van der Waals surface area contributed by atoms with Crippen molar-refractivity contribution in [1.29, 1.82) is 10.5 Å². The Kier molecular flexibility index (Phi) is 14.2. The molecule has 5 rings (SSSR count). The van der Waals surface area contributed by atoms with Gasteiger partial charge in [-0.15, -0.1) is 11.3 Å². The van der Waals surface area contributed by atoms with E-state index in [1.54, 1.807) is 24.3 Å². The molecule has 0 aliphatic carbocycles. The number of aromatic nitrogens is 2. The second-order valence-corrected chi connectivity index (χ2v) is 13.1. The first-order chi connectivity index (χ1) is 25.3. The van der Waals surface area contributed by atoms with Gasteiger partial charge < -0.3 is 26.0 Å². The van der Waals surface area contributed by atoms with Crippen LogP contribution in [0.25, 0.3) is 21.7 Å². The number of nitrogen functional groups attached to an aromatic ring is 1.